The lowest BCUT2D eigenvalue weighted by atomic mass is 9.84. The lowest BCUT2D eigenvalue weighted by Crippen LogP contribution is -2.48. The first-order chi connectivity index (χ1) is 9.45. The van der Waals surface area contributed by atoms with Crippen LogP contribution < -0.4 is 0 Å². The SMILES string of the molecule is CCC1(C(=O)O)CCN(C(=O)N2CCC(C)C2CO)C1. The van der Waals surface area contributed by atoms with Gasteiger partial charge in [0.2, 0.25) is 0 Å². The molecular weight excluding hydrogens is 260 g/mol. The Balaban J connectivity index is 2.06. The van der Waals surface area contributed by atoms with Crippen LogP contribution in [-0.2, 0) is 4.79 Å². The highest BCUT2D eigenvalue weighted by molar-refractivity contribution is 5.80. The molecule has 2 aliphatic heterocycles. The number of hydrogen-bond acceptors (Lipinski definition) is 3. The van der Waals surface area contributed by atoms with E-state index in [0.29, 0.717) is 31.8 Å². The van der Waals surface area contributed by atoms with Crippen LogP contribution in [0.1, 0.15) is 33.1 Å². The summed E-state index contributed by atoms with van der Waals surface area (Å²) in [6.45, 7) is 5.28. The summed E-state index contributed by atoms with van der Waals surface area (Å²) in [5.41, 5.74) is -0.796. The Morgan fingerprint density at radius 1 is 1.35 bits per heavy atom. The van der Waals surface area contributed by atoms with E-state index in [4.69, 9.17) is 0 Å². The van der Waals surface area contributed by atoms with Gasteiger partial charge < -0.3 is 20.0 Å². The summed E-state index contributed by atoms with van der Waals surface area (Å²) in [5.74, 6) is -0.522. The fourth-order valence-electron chi connectivity index (χ4n) is 3.36. The number of hydrogen-bond donors (Lipinski definition) is 2. The first-order valence-corrected chi connectivity index (χ1v) is 7.35. The number of urea groups is 1. The Hall–Kier alpha value is -1.30. The standard InChI is InChI=1S/C14H24N2O4/c1-3-14(12(18)19)5-7-15(9-14)13(20)16-6-4-10(2)11(16)8-17/h10-11,17H,3-9H2,1-2H3,(H,18,19). The summed E-state index contributed by atoms with van der Waals surface area (Å²) in [4.78, 5) is 27.3. The minimum absolute atomic E-state index is 0.0292. The Labute approximate surface area is 119 Å². The number of aliphatic carboxylic acids is 1. The smallest absolute Gasteiger partial charge is 0.320 e. The van der Waals surface area contributed by atoms with E-state index < -0.39 is 11.4 Å². The van der Waals surface area contributed by atoms with Crippen LogP contribution in [0.3, 0.4) is 0 Å². The first kappa shape index (κ1) is 15.1. The number of rotatable bonds is 3. The molecule has 0 saturated carbocycles. The van der Waals surface area contributed by atoms with Gasteiger partial charge in [0.1, 0.15) is 0 Å². The topological polar surface area (TPSA) is 81.1 Å². The number of carboxylic acids is 1. The Bertz CT molecular complexity index is 401. The minimum atomic E-state index is -0.816. The molecule has 2 saturated heterocycles. The summed E-state index contributed by atoms with van der Waals surface area (Å²) in [5, 5.41) is 18.8. The molecule has 2 fully saturated rings. The predicted octanol–water partition coefficient (Wildman–Crippen LogP) is 0.996. The van der Waals surface area contributed by atoms with E-state index in [1.165, 1.54) is 0 Å². The van der Waals surface area contributed by atoms with Crippen molar-refractivity contribution >= 4 is 12.0 Å². The zero-order valence-electron chi connectivity index (χ0n) is 12.2. The number of nitrogens with zero attached hydrogens (tertiary/aromatic N) is 2. The molecule has 114 valence electrons. The van der Waals surface area contributed by atoms with Crippen LogP contribution >= 0.6 is 0 Å². The van der Waals surface area contributed by atoms with Crippen molar-refractivity contribution in [2.24, 2.45) is 11.3 Å². The molecule has 0 radical (unpaired) electrons. The molecule has 2 aliphatic rings. The molecule has 0 aromatic rings. The summed E-state index contributed by atoms with van der Waals surface area (Å²) in [6, 6.07) is -0.256. The molecule has 6 heteroatoms. The van der Waals surface area contributed by atoms with E-state index in [1.54, 1.807) is 9.80 Å². The van der Waals surface area contributed by atoms with E-state index >= 15 is 0 Å². The summed E-state index contributed by atoms with van der Waals surface area (Å²) >= 11 is 0. The Morgan fingerprint density at radius 3 is 2.55 bits per heavy atom. The number of aliphatic hydroxyl groups is 1. The lowest BCUT2D eigenvalue weighted by molar-refractivity contribution is -0.148. The van der Waals surface area contributed by atoms with E-state index in [2.05, 4.69) is 0 Å². The first-order valence-electron chi connectivity index (χ1n) is 7.35. The maximum absolute atomic E-state index is 12.5. The van der Waals surface area contributed by atoms with Gasteiger partial charge in [0, 0.05) is 19.6 Å². The fourth-order valence-corrected chi connectivity index (χ4v) is 3.36. The van der Waals surface area contributed by atoms with Gasteiger partial charge >= 0.3 is 12.0 Å². The third-order valence-corrected chi connectivity index (χ3v) is 5.07. The number of amides is 2. The highest BCUT2D eigenvalue weighted by atomic mass is 16.4. The summed E-state index contributed by atoms with van der Waals surface area (Å²) in [7, 11) is 0. The molecule has 3 unspecified atom stereocenters. The second kappa shape index (κ2) is 5.60. The average molecular weight is 284 g/mol. The molecule has 3 atom stereocenters. The molecule has 0 bridgehead atoms. The Kier molecular flexibility index (Phi) is 4.22. The van der Waals surface area contributed by atoms with Crippen LogP contribution in [0.5, 0.6) is 0 Å². The van der Waals surface area contributed by atoms with Crippen LogP contribution in [0, 0.1) is 11.3 Å². The van der Waals surface area contributed by atoms with Gasteiger partial charge in [0.05, 0.1) is 18.1 Å². The van der Waals surface area contributed by atoms with E-state index in [9.17, 15) is 19.8 Å². The number of likely N-dealkylation sites (tertiary alicyclic amines) is 2. The number of carbonyl (C=O) groups excluding carboxylic acids is 1. The van der Waals surface area contributed by atoms with Crippen molar-refractivity contribution in [1.82, 2.24) is 9.80 Å². The van der Waals surface area contributed by atoms with E-state index in [-0.39, 0.29) is 25.2 Å². The van der Waals surface area contributed by atoms with Crippen molar-refractivity contribution < 1.29 is 19.8 Å². The maximum Gasteiger partial charge on any atom is 0.320 e. The summed E-state index contributed by atoms with van der Waals surface area (Å²) < 4.78 is 0. The number of aliphatic hydroxyl groups excluding tert-OH is 1. The monoisotopic (exact) mass is 284 g/mol. The highest BCUT2D eigenvalue weighted by Crippen LogP contribution is 2.35. The maximum atomic E-state index is 12.5. The quantitative estimate of drug-likeness (QED) is 0.810. The summed E-state index contributed by atoms with van der Waals surface area (Å²) in [6.07, 6.45) is 1.94. The van der Waals surface area contributed by atoms with Gasteiger partial charge in [-0.05, 0) is 25.2 Å². The second-order valence-electron chi connectivity index (χ2n) is 6.10. The molecule has 2 amide bonds. The van der Waals surface area contributed by atoms with E-state index in [1.807, 2.05) is 13.8 Å². The van der Waals surface area contributed by atoms with Gasteiger partial charge in [-0.1, -0.05) is 13.8 Å². The van der Waals surface area contributed by atoms with Crippen molar-refractivity contribution in [2.75, 3.05) is 26.2 Å². The van der Waals surface area contributed by atoms with Crippen molar-refractivity contribution in [3.63, 3.8) is 0 Å². The molecule has 0 aliphatic carbocycles. The molecule has 2 heterocycles. The molecule has 2 rings (SSSR count). The van der Waals surface area contributed by atoms with Gasteiger partial charge in [0.15, 0.2) is 0 Å². The Morgan fingerprint density at radius 2 is 2.05 bits per heavy atom. The fraction of sp³-hybridized carbons (Fsp3) is 0.857. The van der Waals surface area contributed by atoms with Crippen LogP contribution in [0.15, 0.2) is 0 Å². The van der Waals surface area contributed by atoms with Crippen molar-refractivity contribution in [3.05, 3.63) is 0 Å². The van der Waals surface area contributed by atoms with E-state index in [0.717, 1.165) is 6.42 Å². The number of carbonyl (C=O) groups is 2. The van der Waals surface area contributed by atoms with Gasteiger partial charge in [-0.25, -0.2) is 4.79 Å². The van der Waals surface area contributed by atoms with Gasteiger partial charge in [-0.2, -0.15) is 0 Å². The average Bonchev–Trinajstić information content (AvgIpc) is 3.02. The van der Waals surface area contributed by atoms with Crippen LogP contribution in [-0.4, -0.2) is 64.3 Å². The minimum Gasteiger partial charge on any atom is -0.481 e. The van der Waals surface area contributed by atoms with Gasteiger partial charge in [0.25, 0.3) is 0 Å². The lowest BCUT2D eigenvalue weighted by Gasteiger charge is -2.30. The van der Waals surface area contributed by atoms with Crippen LogP contribution in [0.25, 0.3) is 0 Å². The largest absolute Gasteiger partial charge is 0.481 e. The zero-order chi connectivity index (χ0) is 14.9. The zero-order valence-corrected chi connectivity index (χ0v) is 12.2. The normalized spacial score (nSPS) is 33.8. The molecule has 20 heavy (non-hydrogen) atoms. The van der Waals surface area contributed by atoms with Gasteiger partial charge in [-0.15, -0.1) is 0 Å². The molecule has 6 nitrogen and oxygen atoms in total. The molecule has 0 aromatic heterocycles. The third-order valence-electron chi connectivity index (χ3n) is 5.07. The number of carboxylic acid groups (broad SMARTS) is 1. The molecular formula is C14H24N2O4. The highest BCUT2D eigenvalue weighted by Gasteiger charge is 2.47. The second-order valence-corrected chi connectivity index (χ2v) is 6.10. The predicted molar refractivity (Wildman–Crippen MR) is 73.3 cm³/mol. The van der Waals surface area contributed by atoms with Crippen LogP contribution in [0.4, 0.5) is 4.79 Å². The molecule has 0 aromatic carbocycles. The van der Waals surface area contributed by atoms with Gasteiger partial charge in [-0.3, -0.25) is 4.79 Å². The molecule has 2 N–H and O–H groups in total. The van der Waals surface area contributed by atoms with Crippen LogP contribution in [0.2, 0.25) is 0 Å². The third kappa shape index (κ3) is 2.37. The van der Waals surface area contributed by atoms with Crippen molar-refractivity contribution in [1.29, 1.82) is 0 Å². The van der Waals surface area contributed by atoms with Crippen molar-refractivity contribution in [2.45, 2.75) is 39.2 Å². The van der Waals surface area contributed by atoms with Crippen molar-refractivity contribution in [3.8, 4) is 0 Å². The molecule has 0 spiro atoms.